The minimum atomic E-state index is -0.799. The Kier molecular flexibility index (Phi) is 3.88. The predicted molar refractivity (Wildman–Crippen MR) is 75.4 cm³/mol. The van der Waals surface area contributed by atoms with E-state index in [1.165, 1.54) is 24.0 Å². The molecule has 1 atom stereocenters. The summed E-state index contributed by atoms with van der Waals surface area (Å²) in [6.45, 7) is 9.23. The average Bonchev–Trinajstić information content (AvgIpc) is 3.12. The second kappa shape index (κ2) is 5.25. The van der Waals surface area contributed by atoms with Gasteiger partial charge in [-0.2, -0.15) is 0 Å². The van der Waals surface area contributed by atoms with Crippen LogP contribution in [0.15, 0.2) is 36.9 Å². The molecule has 0 aliphatic heterocycles. The largest absolute Gasteiger partial charge is 0.385 e. The molecule has 1 unspecified atom stereocenters. The van der Waals surface area contributed by atoms with Crippen LogP contribution in [0.3, 0.4) is 0 Å². The Bertz CT molecular complexity index is 421. The number of hydrogen-bond acceptors (Lipinski definition) is 2. The van der Waals surface area contributed by atoms with Crippen molar-refractivity contribution in [2.24, 2.45) is 0 Å². The van der Waals surface area contributed by atoms with Gasteiger partial charge in [0.1, 0.15) is 0 Å². The maximum atomic E-state index is 10.1. The normalized spacial score (nSPS) is 18.7. The van der Waals surface area contributed by atoms with Crippen LogP contribution < -0.4 is 0 Å². The molecule has 1 aliphatic rings. The first-order valence-corrected chi connectivity index (χ1v) is 6.66. The fraction of sp³-hybridized carbons (Fsp3) is 0.500. The monoisotopic (exact) mass is 245 g/mol. The van der Waals surface area contributed by atoms with Gasteiger partial charge in [0.2, 0.25) is 0 Å². The topological polar surface area (TPSA) is 23.5 Å². The van der Waals surface area contributed by atoms with Gasteiger partial charge in [-0.05, 0) is 32.3 Å². The highest BCUT2D eigenvalue weighted by Crippen LogP contribution is 2.30. The average molecular weight is 245 g/mol. The molecule has 1 fully saturated rings. The van der Waals surface area contributed by atoms with Gasteiger partial charge in [0, 0.05) is 19.1 Å². The third kappa shape index (κ3) is 3.69. The maximum absolute atomic E-state index is 10.1. The van der Waals surface area contributed by atoms with Crippen LogP contribution in [0, 0.1) is 6.92 Å². The Balaban J connectivity index is 2.05. The van der Waals surface area contributed by atoms with E-state index in [2.05, 4.69) is 42.7 Å². The fourth-order valence-corrected chi connectivity index (χ4v) is 2.27. The molecule has 1 aromatic carbocycles. The molecule has 1 aromatic rings. The summed E-state index contributed by atoms with van der Waals surface area (Å²) in [5.74, 6) is 0. The molecular weight excluding hydrogens is 222 g/mol. The number of benzene rings is 1. The lowest BCUT2D eigenvalue weighted by Crippen LogP contribution is -2.40. The van der Waals surface area contributed by atoms with Crippen molar-refractivity contribution in [1.82, 2.24) is 4.90 Å². The quantitative estimate of drug-likeness (QED) is 0.779. The van der Waals surface area contributed by atoms with Crippen LogP contribution in [-0.4, -0.2) is 28.2 Å². The van der Waals surface area contributed by atoms with Crippen molar-refractivity contribution in [3.8, 4) is 0 Å². The van der Waals surface area contributed by atoms with E-state index in [9.17, 15) is 5.11 Å². The highest BCUT2D eigenvalue weighted by molar-refractivity contribution is 5.22. The van der Waals surface area contributed by atoms with Gasteiger partial charge < -0.3 is 5.11 Å². The molecule has 2 nitrogen and oxygen atoms in total. The van der Waals surface area contributed by atoms with E-state index in [-0.39, 0.29) is 0 Å². The zero-order valence-electron chi connectivity index (χ0n) is 11.4. The predicted octanol–water partition coefficient (Wildman–Crippen LogP) is 2.90. The van der Waals surface area contributed by atoms with Gasteiger partial charge in [0.05, 0.1) is 5.60 Å². The number of aryl methyl sites for hydroxylation is 1. The number of hydrogen-bond donors (Lipinski definition) is 1. The van der Waals surface area contributed by atoms with E-state index in [0.717, 1.165) is 6.54 Å². The van der Waals surface area contributed by atoms with E-state index in [1.807, 2.05) is 6.92 Å². The zero-order valence-corrected chi connectivity index (χ0v) is 11.4. The molecule has 0 amide bonds. The summed E-state index contributed by atoms with van der Waals surface area (Å²) < 4.78 is 0. The molecule has 2 heteroatoms. The lowest BCUT2D eigenvalue weighted by atomic mass is 10.1. The van der Waals surface area contributed by atoms with Crippen LogP contribution >= 0.6 is 0 Å². The third-order valence-corrected chi connectivity index (χ3v) is 3.49. The number of nitrogens with zero attached hydrogens (tertiary/aromatic N) is 1. The van der Waals surface area contributed by atoms with Crippen LogP contribution in [0.25, 0.3) is 0 Å². The molecule has 0 heterocycles. The molecule has 1 N–H and O–H groups in total. The van der Waals surface area contributed by atoms with E-state index in [1.54, 1.807) is 6.08 Å². The minimum absolute atomic E-state index is 0.636. The van der Waals surface area contributed by atoms with Crippen LogP contribution in [0.5, 0.6) is 0 Å². The summed E-state index contributed by atoms with van der Waals surface area (Å²) in [4.78, 5) is 2.37. The van der Waals surface area contributed by atoms with Crippen molar-refractivity contribution >= 4 is 0 Å². The molecule has 0 saturated heterocycles. The van der Waals surface area contributed by atoms with Crippen LogP contribution in [-0.2, 0) is 6.54 Å². The van der Waals surface area contributed by atoms with Gasteiger partial charge in [-0.1, -0.05) is 35.9 Å². The van der Waals surface area contributed by atoms with Gasteiger partial charge in [-0.25, -0.2) is 0 Å². The molecule has 0 aromatic heterocycles. The molecule has 0 radical (unpaired) electrons. The van der Waals surface area contributed by atoms with Crippen molar-refractivity contribution in [2.45, 2.75) is 44.9 Å². The Hall–Kier alpha value is -1.12. The molecule has 2 rings (SSSR count). The second-order valence-corrected chi connectivity index (χ2v) is 5.69. The standard InChI is InChI=1S/C16H23NO/c1-4-16(3,18)12-17(15-8-9-15)11-14-7-5-6-13(2)10-14/h4-7,10,15,18H,1,8-9,11-12H2,2-3H3. The molecule has 0 bridgehead atoms. The number of aliphatic hydroxyl groups is 1. The van der Waals surface area contributed by atoms with Crippen molar-refractivity contribution in [1.29, 1.82) is 0 Å². The lowest BCUT2D eigenvalue weighted by Gasteiger charge is -2.29. The highest BCUT2D eigenvalue weighted by Gasteiger charge is 2.32. The maximum Gasteiger partial charge on any atom is 0.0923 e. The third-order valence-electron chi connectivity index (χ3n) is 3.49. The van der Waals surface area contributed by atoms with E-state index >= 15 is 0 Å². The van der Waals surface area contributed by atoms with Gasteiger partial charge in [-0.3, -0.25) is 4.90 Å². The van der Waals surface area contributed by atoms with Crippen LogP contribution in [0.2, 0.25) is 0 Å². The molecule has 98 valence electrons. The van der Waals surface area contributed by atoms with Gasteiger partial charge in [0.25, 0.3) is 0 Å². The van der Waals surface area contributed by atoms with Gasteiger partial charge in [-0.15, -0.1) is 6.58 Å². The van der Waals surface area contributed by atoms with E-state index in [0.29, 0.717) is 12.6 Å². The summed E-state index contributed by atoms with van der Waals surface area (Å²) in [7, 11) is 0. The van der Waals surface area contributed by atoms with Crippen LogP contribution in [0.1, 0.15) is 30.9 Å². The van der Waals surface area contributed by atoms with Crippen molar-refractivity contribution in [2.75, 3.05) is 6.54 Å². The van der Waals surface area contributed by atoms with Gasteiger partial charge >= 0.3 is 0 Å². The summed E-state index contributed by atoms with van der Waals surface area (Å²) in [5.41, 5.74) is 1.81. The molecule has 1 saturated carbocycles. The van der Waals surface area contributed by atoms with Crippen molar-refractivity contribution < 1.29 is 5.11 Å². The molecular formula is C16H23NO. The Labute approximate surface area is 110 Å². The van der Waals surface area contributed by atoms with Crippen LogP contribution in [0.4, 0.5) is 0 Å². The van der Waals surface area contributed by atoms with E-state index in [4.69, 9.17) is 0 Å². The lowest BCUT2D eigenvalue weighted by molar-refractivity contribution is 0.0553. The first-order valence-electron chi connectivity index (χ1n) is 6.66. The summed E-state index contributed by atoms with van der Waals surface area (Å²) in [6.07, 6.45) is 4.14. The smallest absolute Gasteiger partial charge is 0.0923 e. The zero-order chi connectivity index (χ0) is 13.2. The summed E-state index contributed by atoms with van der Waals surface area (Å²) in [6, 6.07) is 9.23. The Morgan fingerprint density at radius 2 is 2.22 bits per heavy atom. The van der Waals surface area contributed by atoms with E-state index < -0.39 is 5.60 Å². The molecule has 0 spiro atoms. The molecule has 18 heavy (non-hydrogen) atoms. The van der Waals surface area contributed by atoms with Crippen molar-refractivity contribution in [3.63, 3.8) is 0 Å². The van der Waals surface area contributed by atoms with Gasteiger partial charge in [0.15, 0.2) is 0 Å². The highest BCUT2D eigenvalue weighted by atomic mass is 16.3. The first kappa shape index (κ1) is 13.3. The molecule has 1 aliphatic carbocycles. The Morgan fingerprint density at radius 1 is 1.50 bits per heavy atom. The SMILES string of the molecule is C=CC(C)(O)CN(Cc1cccc(C)c1)C1CC1. The summed E-state index contributed by atoms with van der Waals surface area (Å²) in [5, 5.41) is 10.1. The first-order chi connectivity index (χ1) is 8.50. The number of rotatable bonds is 6. The fourth-order valence-electron chi connectivity index (χ4n) is 2.27. The second-order valence-electron chi connectivity index (χ2n) is 5.69. The van der Waals surface area contributed by atoms with Crippen molar-refractivity contribution in [3.05, 3.63) is 48.0 Å². The Morgan fingerprint density at radius 3 is 2.78 bits per heavy atom. The minimum Gasteiger partial charge on any atom is -0.385 e. The summed E-state index contributed by atoms with van der Waals surface area (Å²) >= 11 is 0.